The van der Waals surface area contributed by atoms with Crippen molar-refractivity contribution < 1.29 is 33.4 Å². The monoisotopic (exact) mass is 1520 g/mol. The van der Waals surface area contributed by atoms with Crippen LogP contribution in [0.3, 0.4) is 0 Å². The van der Waals surface area contributed by atoms with Crippen molar-refractivity contribution in [3.05, 3.63) is 213 Å². The molecule has 14 rings (SSSR count). The van der Waals surface area contributed by atoms with Gasteiger partial charge in [0.15, 0.2) is 11.3 Å². The second kappa shape index (κ2) is 40.0. The quantitative estimate of drug-likeness (QED) is 0.0240. The van der Waals surface area contributed by atoms with Crippen LogP contribution in [0, 0.1) is 0 Å². The minimum Gasteiger partial charge on any atom is -0.381 e. The average molecular weight is 1520 g/mol. The number of carbonyl (C=O) groups excluding carboxylic acids is 5. The summed E-state index contributed by atoms with van der Waals surface area (Å²) in [6.45, 7) is 27.6. The third-order valence-corrected chi connectivity index (χ3v) is 20.5. The van der Waals surface area contributed by atoms with Gasteiger partial charge in [0.2, 0.25) is 0 Å². The smallest absolute Gasteiger partial charge is 0.270 e. The Labute approximate surface area is 657 Å². The Hall–Kier alpha value is -10.7. The summed E-state index contributed by atoms with van der Waals surface area (Å²) in [5.74, 6) is -1.50. The molecule has 4 amide bonds. The maximum absolute atomic E-state index is 13.5. The molecule has 0 aliphatic carbocycles. The minimum absolute atomic E-state index is 0. The number of nitrogens with one attached hydrogen (secondary N) is 9. The first-order valence-corrected chi connectivity index (χ1v) is 39.3. The molecule has 6 aromatic heterocycles. The molecule has 4 saturated heterocycles. The fourth-order valence-corrected chi connectivity index (χ4v) is 15.0. The number of anilines is 2. The lowest BCUT2D eigenvalue weighted by molar-refractivity contribution is 0.0903. The van der Waals surface area contributed by atoms with Crippen molar-refractivity contribution in [3.63, 3.8) is 0 Å². The van der Waals surface area contributed by atoms with E-state index in [0.717, 1.165) is 154 Å². The summed E-state index contributed by atoms with van der Waals surface area (Å²) in [6, 6.07) is 44.6. The molecule has 590 valence electrons. The van der Waals surface area contributed by atoms with Gasteiger partial charge in [-0.05, 0) is 168 Å². The second-order valence-electron chi connectivity index (χ2n) is 29.2. The minimum atomic E-state index is -0.392. The molecule has 112 heavy (non-hydrogen) atoms. The number of aldehydes is 1. The molecule has 4 aromatic carbocycles. The number of ether oxygens (including phenoxy) is 2. The standard InChI is InChI=1S/C43H53N9O3.C37H39N7O4.C6H14N2.CH4/c1-5-37-35(40(48-34-16-18-55-19-17-34)36-24-46-52(6-2)41(36)50-37)23-45-43(54)39-15-9-14-38(49-39)42(53)44-22-30-10-7-12-32(20-30)33-13-8-11-31(21-33)27-51-25-28(3)47-29(4)26-51;1-3-31-29(34(41-28-14-16-48-17-15-28)30-22-40-44(4-2)35(30)43-31)21-39-37(47)33-13-7-12-32(42-33)36(46)38-20-24-8-5-10-26(18-24)27-11-6-9-25(19-27)23-45;1-5-3-7-4-6(2)8-5;/h7-15,20-21,24,28-29,34,47H,5-6,16-19,22-23,25-27H2,1-4H3,(H,44,53)(H,45,54)(H,48,50);5-13,18-19,22-23,28H,3-4,14-17,20-21H2,1-2H3,(H,38,46)(H,39,47)(H,41,43);5-8H,3-4H2,1-2H3;1H4/t28-,29+;;5-,6+;. The Bertz CT molecular complexity index is 4840. The zero-order chi connectivity index (χ0) is 77.8. The summed E-state index contributed by atoms with van der Waals surface area (Å²) < 4.78 is 15.0. The van der Waals surface area contributed by atoms with Crippen LogP contribution in [0.1, 0.15) is 180 Å². The fraction of sp³-hybridized carbons (Fsp3) is 0.414. The lowest BCUT2D eigenvalue weighted by Crippen LogP contribution is -2.53. The summed E-state index contributed by atoms with van der Waals surface area (Å²) in [5, 5.41) is 40.8. The van der Waals surface area contributed by atoms with E-state index in [-0.39, 0.29) is 73.7 Å². The van der Waals surface area contributed by atoms with Gasteiger partial charge in [-0.25, -0.2) is 29.3 Å². The van der Waals surface area contributed by atoms with Crippen LogP contribution in [0.2, 0.25) is 0 Å². The Morgan fingerprint density at radius 1 is 0.473 bits per heavy atom. The van der Waals surface area contributed by atoms with Crippen LogP contribution >= 0.6 is 0 Å². The number of hydrogen-bond acceptors (Lipinski definition) is 19. The number of nitrogens with zero attached hydrogens (tertiary/aromatic N) is 9. The molecular formula is C87H110N18O7. The highest BCUT2D eigenvalue weighted by Gasteiger charge is 2.27. The van der Waals surface area contributed by atoms with Gasteiger partial charge in [-0.3, -0.25) is 28.9 Å². The van der Waals surface area contributed by atoms with Crippen LogP contribution in [-0.2, 0) is 68.1 Å². The van der Waals surface area contributed by atoms with E-state index in [1.54, 1.807) is 42.5 Å². The van der Waals surface area contributed by atoms with Crippen LogP contribution in [0.5, 0.6) is 0 Å². The van der Waals surface area contributed by atoms with Crippen molar-refractivity contribution in [2.75, 3.05) is 63.2 Å². The molecule has 4 aliphatic heterocycles. The molecule has 0 radical (unpaired) electrons. The number of aryl methyl sites for hydroxylation is 4. The van der Waals surface area contributed by atoms with E-state index in [1.165, 1.54) is 5.56 Å². The van der Waals surface area contributed by atoms with Gasteiger partial charge >= 0.3 is 0 Å². The normalized spacial score (nSPS) is 17.4. The molecule has 25 heteroatoms. The largest absolute Gasteiger partial charge is 0.381 e. The van der Waals surface area contributed by atoms with Crippen LogP contribution in [0.4, 0.5) is 11.4 Å². The summed E-state index contributed by atoms with van der Waals surface area (Å²) in [5.41, 5.74) is 15.6. The zero-order valence-corrected chi connectivity index (χ0v) is 65.1. The number of piperazine rings is 2. The highest BCUT2D eigenvalue weighted by Crippen LogP contribution is 2.34. The predicted octanol–water partition coefficient (Wildman–Crippen LogP) is 11.6. The van der Waals surface area contributed by atoms with Crippen molar-refractivity contribution in [2.45, 2.75) is 183 Å². The van der Waals surface area contributed by atoms with E-state index in [2.05, 4.69) is 158 Å². The van der Waals surface area contributed by atoms with Gasteiger partial charge < -0.3 is 57.3 Å². The van der Waals surface area contributed by atoms with Gasteiger partial charge in [-0.1, -0.05) is 106 Å². The van der Waals surface area contributed by atoms with Gasteiger partial charge in [0.25, 0.3) is 23.6 Å². The van der Waals surface area contributed by atoms with Gasteiger partial charge in [-0.2, -0.15) is 10.2 Å². The van der Waals surface area contributed by atoms with E-state index in [9.17, 15) is 24.0 Å². The predicted molar refractivity (Wildman–Crippen MR) is 441 cm³/mol. The molecule has 10 heterocycles. The first-order valence-electron chi connectivity index (χ1n) is 39.3. The molecule has 10 aromatic rings. The fourth-order valence-electron chi connectivity index (χ4n) is 15.0. The van der Waals surface area contributed by atoms with Gasteiger partial charge in [0.1, 0.15) is 29.1 Å². The number of benzene rings is 4. The Kier molecular flexibility index (Phi) is 29.4. The van der Waals surface area contributed by atoms with Crippen molar-refractivity contribution >= 4 is 63.4 Å². The summed E-state index contributed by atoms with van der Waals surface area (Å²) in [6.07, 6.45) is 9.45. The number of rotatable bonds is 25. The average Bonchev–Trinajstić information content (AvgIpc) is 1.59. The van der Waals surface area contributed by atoms with Crippen molar-refractivity contribution in [3.8, 4) is 22.3 Å². The molecule has 25 nitrogen and oxygen atoms in total. The van der Waals surface area contributed by atoms with E-state index >= 15 is 0 Å². The molecule has 0 unspecified atom stereocenters. The number of hydrogen-bond donors (Lipinski definition) is 9. The molecule has 4 fully saturated rings. The summed E-state index contributed by atoms with van der Waals surface area (Å²) in [7, 11) is 0. The molecule has 0 spiro atoms. The van der Waals surface area contributed by atoms with Crippen molar-refractivity contribution in [2.24, 2.45) is 0 Å². The first-order chi connectivity index (χ1) is 54.0. The van der Waals surface area contributed by atoms with Crippen LogP contribution in [0.15, 0.2) is 146 Å². The van der Waals surface area contributed by atoms with Gasteiger partial charge in [0, 0.05) is 163 Å². The Morgan fingerprint density at radius 2 is 0.848 bits per heavy atom. The van der Waals surface area contributed by atoms with Gasteiger partial charge in [-0.15, -0.1) is 0 Å². The third-order valence-electron chi connectivity index (χ3n) is 20.5. The highest BCUT2D eigenvalue weighted by molar-refractivity contribution is 5.98. The molecular weight excluding hydrogens is 1410 g/mol. The zero-order valence-electron chi connectivity index (χ0n) is 65.1. The van der Waals surface area contributed by atoms with Crippen molar-refractivity contribution in [1.29, 1.82) is 0 Å². The summed E-state index contributed by atoms with van der Waals surface area (Å²) >= 11 is 0. The van der Waals surface area contributed by atoms with E-state index in [0.29, 0.717) is 88.6 Å². The lowest BCUT2D eigenvalue weighted by atomic mass is 10.0. The van der Waals surface area contributed by atoms with Crippen molar-refractivity contribution in [1.82, 2.24) is 81.6 Å². The molecule has 0 saturated carbocycles. The van der Waals surface area contributed by atoms with Crippen LogP contribution in [0.25, 0.3) is 44.3 Å². The maximum atomic E-state index is 13.5. The van der Waals surface area contributed by atoms with E-state index in [4.69, 9.17) is 19.4 Å². The van der Waals surface area contributed by atoms with Gasteiger partial charge in [0.05, 0.1) is 34.5 Å². The van der Waals surface area contributed by atoms with E-state index in [1.807, 2.05) is 83.3 Å². The SMILES string of the molecule is C.CCc1nc2c(cnn2CC)c(NC2CCOCC2)c1CNC(=O)c1cccc(C(=O)NCc2cccc(-c3cccc(C=O)c3)c2)n1.CCc1nc2c(cnn2CC)c(NC2CCOCC2)c1CNC(=O)c1cccc(C(=O)NCc2cccc(-c3cccc(CN4C[C@@H](C)N[C@@H](C)C4)c3)c2)n1.C[C@@H]1CNC[C@H](C)N1. The topological polar surface area (TPSA) is 303 Å². The van der Waals surface area contributed by atoms with E-state index < -0.39 is 11.8 Å². The Morgan fingerprint density at radius 3 is 1.24 bits per heavy atom. The Balaban J connectivity index is 0.000000201. The molecule has 4 atom stereocenters. The van der Waals surface area contributed by atoms with Crippen LogP contribution < -0.4 is 47.9 Å². The first kappa shape index (κ1) is 82.3. The van der Waals surface area contributed by atoms with Crippen LogP contribution in [-0.4, -0.2) is 163 Å². The maximum Gasteiger partial charge on any atom is 0.270 e. The second-order valence-corrected chi connectivity index (χ2v) is 29.2. The number of carbonyl (C=O) groups is 5. The number of aromatic nitrogens is 8. The number of amides is 4. The summed E-state index contributed by atoms with van der Waals surface area (Å²) in [4.78, 5) is 85.9. The number of fused-ring (bicyclic) bond motifs is 2. The highest BCUT2D eigenvalue weighted by atomic mass is 16.5. The molecule has 9 N–H and O–H groups in total. The lowest BCUT2D eigenvalue weighted by Gasteiger charge is -2.36. The third kappa shape index (κ3) is 21.5. The molecule has 4 aliphatic rings. The number of pyridine rings is 4. The molecule has 0 bridgehead atoms.